The van der Waals surface area contributed by atoms with Crippen LogP contribution < -0.4 is 10.6 Å². The van der Waals surface area contributed by atoms with Crippen molar-refractivity contribution < 1.29 is 23.8 Å². The van der Waals surface area contributed by atoms with Crippen LogP contribution in [0, 0.1) is 5.82 Å². The zero-order chi connectivity index (χ0) is 15.1. The SMILES string of the molecule is CCC(COC)NC(=O)Nc1ccc(F)c(C(=O)O)c1. The molecule has 0 saturated carbocycles. The molecule has 0 spiro atoms. The molecule has 20 heavy (non-hydrogen) atoms. The van der Waals surface area contributed by atoms with Crippen LogP contribution >= 0.6 is 0 Å². The molecule has 7 heteroatoms. The number of urea groups is 1. The van der Waals surface area contributed by atoms with Gasteiger partial charge in [-0.25, -0.2) is 14.0 Å². The number of benzene rings is 1. The fourth-order valence-electron chi connectivity index (χ4n) is 1.58. The Hall–Kier alpha value is -2.15. The van der Waals surface area contributed by atoms with E-state index in [1.807, 2.05) is 6.92 Å². The van der Waals surface area contributed by atoms with Gasteiger partial charge < -0.3 is 20.5 Å². The number of halogens is 1. The molecule has 1 aromatic carbocycles. The van der Waals surface area contributed by atoms with Crippen molar-refractivity contribution in [2.75, 3.05) is 19.0 Å². The fourth-order valence-corrected chi connectivity index (χ4v) is 1.58. The summed E-state index contributed by atoms with van der Waals surface area (Å²) in [5, 5.41) is 13.9. The molecule has 0 bridgehead atoms. The van der Waals surface area contributed by atoms with E-state index in [9.17, 15) is 14.0 Å². The van der Waals surface area contributed by atoms with Crippen molar-refractivity contribution >= 4 is 17.7 Å². The van der Waals surface area contributed by atoms with Crippen molar-refractivity contribution in [1.29, 1.82) is 0 Å². The Labute approximate surface area is 115 Å². The van der Waals surface area contributed by atoms with E-state index in [0.29, 0.717) is 13.0 Å². The van der Waals surface area contributed by atoms with Gasteiger partial charge >= 0.3 is 12.0 Å². The number of ether oxygens (including phenoxy) is 1. The minimum Gasteiger partial charge on any atom is -0.478 e. The Balaban J connectivity index is 2.71. The smallest absolute Gasteiger partial charge is 0.338 e. The molecule has 0 fully saturated rings. The molecule has 2 amide bonds. The number of hydrogen-bond donors (Lipinski definition) is 3. The number of rotatable bonds is 6. The predicted molar refractivity (Wildman–Crippen MR) is 71.5 cm³/mol. The van der Waals surface area contributed by atoms with Crippen LogP contribution in [0.3, 0.4) is 0 Å². The van der Waals surface area contributed by atoms with E-state index >= 15 is 0 Å². The van der Waals surface area contributed by atoms with Gasteiger partial charge in [-0.15, -0.1) is 0 Å². The van der Waals surface area contributed by atoms with Crippen molar-refractivity contribution in [3.63, 3.8) is 0 Å². The number of anilines is 1. The standard InChI is InChI=1S/C13H17FN2O4/c1-3-8(7-20-2)15-13(19)16-9-4-5-11(14)10(6-9)12(17)18/h4-6,8H,3,7H2,1-2H3,(H,17,18)(H2,15,16,19). The van der Waals surface area contributed by atoms with Crippen LogP contribution in [-0.2, 0) is 4.74 Å². The molecule has 1 aromatic rings. The molecule has 3 N–H and O–H groups in total. The summed E-state index contributed by atoms with van der Waals surface area (Å²) in [4.78, 5) is 22.5. The third-order valence-corrected chi connectivity index (χ3v) is 2.65. The van der Waals surface area contributed by atoms with Crippen LogP contribution in [0.5, 0.6) is 0 Å². The van der Waals surface area contributed by atoms with Gasteiger partial charge in [0.2, 0.25) is 0 Å². The van der Waals surface area contributed by atoms with Crippen LogP contribution in [0.4, 0.5) is 14.9 Å². The summed E-state index contributed by atoms with van der Waals surface area (Å²) >= 11 is 0. The zero-order valence-electron chi connectivity index (χ0n) is 11.3. The molecular weight excluding hydrogens is 267 g/mol. The van der Waals surface area contributed by atoms with Crippen LogP contribution in [0.2, 0.25) is 0 Å². The fraction of sp³-hybridized carbons (Fsp3) is 0.385. The van der Waals surface area contributed by atoms with E-state index in [0.717, 1.165) is 12.1 Å². The highest BCUT2D eigenvalue weighted by Gasteiger charge is 2.13. The summed E-state index contributed by atoms with van der Waals surface area (Å²) in [5.74, 6) is -2.24. The number of hydrogen-bond acceptors (Lipinski definition) is 3. The Bertz CT molecular complexity index is 493. The summed E-state index contributed by atoms with van der Waals surface area (Å²) in [6.45, 7) is 2.26. The third-order valence-electron chi connectivity index (χ3n) is 2.65. The molecule has 110 valence electrons. The zero-order valence-corrected chi connectivity index (χ0v) is 11.3. The van der Waals surface area contributed by atoms with Gasteiger partial charge in [0.05, 0.1) is 18.2 Å². The minimum absolute atomic E-state index is 0.153. The first-order valence-electron chi connectivity index (χ1n) is 6.07. The summed E-state index contributed by atoms with van der Waals surface area (Å²) in [7, 11) is 1.53. The predicted octanol–water partition coefficient (Wildman–Crippen LogP) is 2.07. The van der Waals surface area contributed by atoms with Crippen molar-refractivity contribution in [3.05, 3.63) is 29.6 Å². The van der Waals surface area contributed by atoms with Gasteiger partial charge in [-0.1, -0.05) is 6.92 Å². The van der Waals surface area contributed by atoms with Crippen molar-refractivity contribution in [2.24, 2.45) is 0 Å². The molecule has 0 radical (unpaired) electrons. The number of methoxy groups -OCH3 is 1. The molecule has 1 atom stereocenters. The number of amides is 2. The first kappa shape index (κ1) is 15.9. The third kappa shape index (κ3) is 4.51. The Kier molecular flexibility index (Phi) is 5.92. The number of carbonyl (C=O) groups is 2. The number of carboxylic acid groups (broad SMARTS) is 1. The molecule has 0 aliphatic rings. The van der Waals surface area contributed by atoms with E-state index < -0.39 is 23.4 Å². The molecule has 6 nitrogen and oxygen atoms in total. The topological polar surface area (TPSA) is 87.7 Å². The lowest BCUT2D eigenvalue weighted by atomic mass is 10.2. The highest BCUT2D eigenvalue weighted by atomic mass is 19.1. The molecule has 0 saturated heterocycles. The lowest BCUT2D eigenvalue weighted by Gasteiger charge is -2.16. The summed E-state index contributed by atoms with van der Waals surface area (Å²) in [5.41, 5.74) is -0.291. The highest BCUT2D eigenvalue weighted by molar-refractivity contribution is 5.93. The largest absolute Gasteiger partial charge is 0.478 e. The maximum Gasteiger partial charge on any atom is 0.338 e. The second-order valence-corrected chi connectivity index (χ2v) is 4.16. The van der Waals surface area contributed by atoms with Gasteiger partial charge in [-0.3, -0.25) is 0 Å². The Morgan fingerprint density at radius 1 is 1.45 bits per heavy atom. The Morgan fingerprint density at radius 2 is 2.15 bits per heavy atom. The lowest BCUT2D eigenvalue weighted by molar-refractivity contribution is 0.0692. The highest BCUT2D eigenvalue weighted by Crippen LogP contribution is 2.14. The van der Waals surface area contributed by atoms with Gasteiger partial charge in [-0.2, -0.15) is 0 Å². The van der Waals surface area contributed by atoms with Crippen molar-refractivity contribution in [1.82, 2.24) is 5.32 Å². The molecular formula is C13H17FN2O4. The summed E-state index contributed by atoms with van der Waals surface area (Å²) in [6, 6.07) is 2.69. The molecule has 0 aliphatic carbocycles. The van der Waals surface area contributed by atoms with Gasteiger partial charge in [0.25, 0.3) is 0 Å². The van der Waals surface area contributed by atoms with Crippen LogP contribution in [0.1, 0.15) is 23.7 Å². The average molecular weight is 284 g/mol. The second kappa shape index (κ2) is 7.44. The number of aromatic carboxylic acids is 1. The summed E-state index contributed by atoms with van der Waals surface area (Å²) in [6.07, 6.45) is 0.686. The molecule has 1 unspecified atom stereocenters. The molecule has 0 aromatic heterocycles. The number of nitrogens with one attached hydrogen (secondary N) is 2. The summed E-state index contributed by atoms with van der Waals surface area (Å²) < 4.78 is 18.1. The number of carboxylic acids is 1. The van der Waals surface area contributed by atoms with E-state index in [-0.39, 0.29) is 11.7 Å². The molecule has 0 heterocycles. The van der Waals surface area contributed by atoms with Gasteiger partial charge in [-0.05, 0) is 24.6 Å². The van der Waals surface area contributed by atoms with E-state index in [4.69, 9.17) is 9.84 Å². The van der Waals surface area contributed by atoms with Crippen molar-refractivity contribution in [2.45, 2.75) is 19.4 Å². The van der Waals surface area contributed by atoms with Crippen molar-refractivity contribution in [3.8, 4) is 0 Å². The molecule has 1 rings (SSSR count). The van der Waals surface area contributed by atoms with Gasteiger partial charge in [0.1, 0.15) is 5.82 Å². The maximum atomic E-state index is 13.2. The van der Waals surface area contributed by atoms with Crippen LogP contribution in [0.15, 0.2) is 18.2 Å². The second-order valence-electron chi connectivity index (χ2n) is 4.16. The molecule has 0 aliphatic heterocycles. The van der Waals surface area contributed by atoms with E-state index in [1.165, 1.54) is 13.2 Å². The monoisotopic (exact) mass is 284 g/mol. The Morgan fingerprint density at radius 3 is 2.70 bits per heavy atom. The first-order valence-corrected chi connectivity index (χ1v) is 6.07. The van der Waals surface area contributed by atoms with E-state index in [1.54, 1.807) is 0 Å². The lowest BCUT2D eigenvalue weighted by Crippen LogP contribution is -2.40. The van der Waals surface area contributed by atoms with Crippen LogP contribution in [-0.4, -0.2) is 36.9 Å². The first-order chi connectivity index (χ1) is 9.47. The normalized spacial score (nSPS) is 11.8. The average Bonchev–Trinajstić information content (AvgIpc) is 2.40. The van der Waals surface area contributed by atoms with E-state index in [2.05, 4.69) is 10.6 Å². The minimum atomic E-state index is -1.39. The van der Waals surface area contributed by atoms with Crippen LogP contribution in [0.25, 0.3) is 0 Å². The quantitative estimate of drug-likeness (QED) is 0.746. The number of carbonyl (C=O) groups excluding carboxylic acids is 1. The van der Waals surface area contributed by atoms with Gasteiger partial charge in [0, 0.05) is 12.8 Å². The van der Waals surface area contributed by atoms with Gasteiger partial charge in [0.15, 0.2) is 0 Å². The maximum absolute atomic E-state index is 13.2.